The molecule has 35 heavy (non-hydrogen) atoms. The highest BCUT2D eigenvalue weighted by atomic mass is 19.1. The Morgan fingerprint density at radius 3 is 2.23 bits per heavy atom. The van der Waals surface area contributed by atoms with E-state index in [1.165, 1.54) is 23.1 Å². The molecule has 9 heteroatoms. The van der Waals surface area contributed by atoms with Crippen molar-refractivity contribution in [1.29, 1.82) is 0 Å². The lowest BCUT2D eigenvalue weighted by Gasteiger charge is -2.14. The van der Waals surface area contributed by atoms with Gasteiger partial charge in [-0.3, -0.25) is 24.1 Å². The van der Waals surface area contributed by atoms with Crippen molar-refractivity contribution >= 4 is 35.0 Å². The van der Waals surface area contributed by atoms with E-state index in [9.17, 15) is 23.6 Å². The molecule has 1 heterocycles. The highest BCUT2D eigenvalue weighted by molar-refractivity contribution is 6.06. The van der Waals surface area contributed by atoms with Crippen LogP contribution >= 0.6 is 0 Å². The van der Waals surface area contributed by atoms with Crippen molar-refractivity contribution in [2.75, 3.05) is 17.2 Å². The molecule has 0 saturated carbocycles. The zero-order chi connectivity index (χ0) is 24.8. The quantitative estimate of drug-likeness (QED) is 0.483. The normalized spacial score (nSPS) is 13.0. The van der Waals surface area contributed by atoms with Crippen LogP contribution in [0.2, 0.25) is 0 Å². The van der Waals surface area contributed by atoms with E-state index in [0.717, 1.165) is 5.56 Å². The van der Waals surface area contributed by atoms with Crippen LogP contribution in [0.25, 0.3) is 0 Å². The van der Waals surface area contributed by atoms with Gasteiger partial charge in [-0.2, -0.15) is 0 Å². The highest BCUT2D eigenvalue weighted by Gasteiger charge is 2.28. The van der Waals surface area contributed by atoms with Crippen LogP contribution in [0.15, 0.2) is 72.8 Å². The summed E-state index contributed by atoms with van der Waals surface area (Å²) in [5.41, 5.74) is 1.51. The van der Waals surface area contributed by atoms with Gasteiger partial charge in [0.15, 0.2) is 6.61 Å². The number of anilines is 2. The minimum Gasteiger partial charge on any atom is -0.483 e. The lowest BCUT2D eigenvalue weighted by Crippen LogP contribution is -2.28. The van der Waals surface area contributed by atoms with Gasteiger partial charge in [0.2, 0.25) is 11.8 Å². The van der Waals surface area contributed by atoms with Gasteiger partial charge in [-0.15, -0.1) is 0 Å². The number of rotatable bonds is 8. The smallest absolute Gasteiger partial charge is 0.262 e. The fourth-order valence-electron chi connectivity index (χ4n) is 3.55. The van der Waals surface area contributed by atoms with Gasteiger partial charge in [-0.05, 0) is 42.0 Å². The van der Waals surface area contributed by atoms with Crippen LogP contribution in [0.5, 0.6) is 5.75 Å². The van der Waals surface area contributed by atoms with Crippen molar-refractivity contribution < 1.29 is 28.3 Å². The van der Waals surface area contributed by atoms with E-state index < -0.39 is 24.2 Å². The average Bonchev–Trinajstić information content (AvgIpc) is 3.17. The molecule has 0 aliphatic carbocycles. The summed E-state index contributed by atoms with van der Waals surface area (Å²) in [5.74, 6) is -1.77. The number of nitrogens with one attached hydrogen (secondary N) is 2. The SMILES string of the molecule is O=C(COc1ccccc1C(=O)Nc1ccc(CN2C(=O)CCC2=O)cc1)Nc1ccccc1F. The summed E-state index contributed by atoms with van der Waals surface area (Å²) in [6.07, 6.45) is 0.471. The molecule has 4 amide bonds. The minimum absolute atomic E-state index is 0.0361. The third-order valence-corrected chi connectivity index (χ3v) is 5.35. The van der Waals surface area contributed by atoms with Crippen molar-refractivity contribution in [1.82, 2.24) is 4.90 Å². The molecule has 2 N–H and O–H groups in total. The lowest BCUT2D eigenvalue weighted by atomic mass is 10.1. The highest BCUT2D eigenvalue weighted by Crippen LogP contribution is 2.21. The minimum atomic E-state index is -0.573. The molecule has 3 aromatic rings. The number of ether oxygens (including phenoxy) is 1. The maximum Gasteiger partial charge on any atom is 0.262 e. The van der Waals surface area contributed by atoms with Gasteiger partial charge >= 0.3 is 0 Å². The Morgan fingerprint density at radius 2 is 1.51 bits per heavy atom. The Bertz CT molecular complexity index is 1260. The average molecular weight is 475 g/mol. The molecule has 0 unspecified atom stereocenters. The van der Waals surface area contributed by atoms with E-state index in [4.69, 9.17) is 4.74 Å². The van der Waals surface area contributed by atoms with Crippen LogP contribution in [0.1, 0.15) is 28.8 Å². The topological polar surface area (TPSA) is 105 Å². The summed E-state index contributed by atoms with van der Waals surface area (Å²) in [6.45, 7) is -0.223. The van der Waals surface area contributed by atoms with Crippen LogP contribution in [0, 0.1) is 5.82 Å². The number of carbonyl (C=O) groups is 4. The van der Waals surface area contributed by atoms with Crippen LogP contribution in [0.4, 0.5) is 15.8 Å². The van der Waals surface area contributed by atoms with Gasteiger partial charge in [0.05, 0.1) is 17.8 Å². The van der Waals surface area contributed by atoms with Gasteiger partial charge in [0.1, 0.15) is 11.6 Å². The molecule has 0 atom stereocenters. The predicted molar refractivity (Wildman–Crippen MR) is 126 cm³/mol. The number of hydrogen-bond acceptors (Lipinski definition) is 5. The second kappa shape index (κ2) is 10.6. The Morgan fingerprint density at radius 1 is 0.857 bits per heavy atom. The van der Waals surface area contributed by atoms with Gasteiger partial charge in [0, 0.05) is 18.5 Å². The second-order valence-electron chi connectivity index (χ2n) is 7.84. The Hall–Kier alpha value is -4.53. The fraction of sp³-hybridized carbons (Fsp3) is 0.154. The first-order valence-corrected chi connectivity index (χ1v) is 10.9. The molecule has 4 rings (SSSR count). The Kier molecular flexibility index (Phi) is 7.15. The molecular formula is C26H22FN3O5. The monoisotopic (exact) mass is 475 g/mol. The number of likely N-dealkylation sites (tertiary alicyclic amines) is 1. The largest absolute Gasteiger partial charge is 0.483 e. The molecule has 1 aliphatic rings. The first-order valence-electron chi connectivity index (χ1n) is 10.9. The van der Waals surface area contributed by atoms with Gasteiger partial charge in [-0.1, -0.05) is 36.4 Å². The van der Waals surface area contributed by atoms with E-state index in [1.54, 1.807) is 54.6 Å². The van der Waals surface area contributed by atoms with Crippen LogP contribution < -0.4 is 15.4 Å². The third-order valence-electron chi connectivity index (χ3n) is 5.35. The van der Waals surface area contributed by atoms with E-state index >= 15 is 0 Å². The van der Waals surface area contributed by atoms with Crippen LogP contribution in [-0.2, 0) is 20.9 Å². The van der Waals surface area contributed by atoms with Crippen molar-refractivity contribution in [2.45, 2.75) is 19.4 Å². The number of amides is 4. The number of hydrogen-bond donors (Lipinski definition) is 2. The van der Waals surface area contributed by atoms with E-state index in [-0.39, 0.29) is 48.2 Å². The van der Waals surface area contributed by atoms with Crippen molar-refractivity contribution in [3.05, 3.63) is 89.7 Å². The second-order valence-corrected chi connectivity index (χ2v) is 7.84. The number of carbonyl (C=O) groups excluding carboxylic acids is 4. The summed E-state index contributed by atoms with van der Waals surface area (Å²) < 4.78 is 19.2. The van der Waals surface area contributed by atoms with Crippen LogP contribution in [-0.4, -0.2) is 35.1 Å². The fourth-order valence-corrected chi connectivity index (χ4v) is 3.55. The molecule has 0 spiro atoms. The van der Waals surface area contributed by atoms with Gasteiger partial charge in [-0.25, -0.2) is 4.39 Å². The number of benzene rings is 3. The van der Waals surface area contributed by atoms with Gasteiger partial charge < -0.3 is 15.4 Å². The van der Waals surface area contributed by atoms with E-state index in [0.29, 0.717) is 5.69 Å². The van der Waals surface area contributed by atoms with Crippen molar-refractivity contribution in [3.8, 4) is 5.75 Å². The molecule has 3 aromatic carbocycles. The molecule has 1 aliphatic heterocycles. The zero-order valence-electron chi connectivity index (χ0n) is 18.6. The summed E-state index contributed by atoms with van der Waals surface area (Å²) >= 11 is 0. The van der Waals surface area contributed by atoms with Crippen molar-refractivity contribution in [2.24, 2.45) is 0 Å². The summed E-state index contributed by atoms with van der Waals surface area (Å²) in [5, 5.41) is 5.18. The number of halogens is 1. The first kappa shape index (κ1) is 23.6. The Labute approximate surface area is 200 Å². The van der Waals surface area contributed by atoms with E-state index in [1.807, 2.05) is 0 Å². The standard InChI is InChI=1S/C26H22FN3O5/c27-20-6-2-3-7-21(20)29-23(31)16-35-22-8-4-1-5-19(22)26(34)28-18-11-9-17(10-12-18)15-30-24(32)13-14-25(30)33/h1-12H,13-16H2,(H,28,34)(H,29,31). The maximum atomic E-state index is 13.7. The van der Waals surface area contributed by atoms with Crippen LogP contribution in [0.3, 0.4) is 0 Å². The first-order chi connectivity index (χ1) is 16.9. The summed E-state index contributed by atoms with van der Waals surface area (Å²) in [6, 6.07) is 19.0. The van der Waals surface area contributed by atoms with E-state index in [2.05, 4.69) is 10.6 Å². The molecule has 0 aromatic heterocycles. The molecular weight excluding hydrogens is 453 g/mol. The lowest BCUT2D eigenvalue weighted by molar-refractivity contribution is -0.139. The molecule has 178 valence electrons. The number of nitrogens with zero attached hydrogens (tertiary/aromatic N) is 1. The molecule has 1 fully saturated rings. The molecule has 0 bridgehead atoms. The summed E-state index contributed by atoms with van der Waals surface area (Å²) in [4.78, 5) is 49.8. The number of imide groups is 1. The zero-order valence-corrected chi connectivity index (χ0v) is 18.6. The summed E-state index contributed by atoms with van der Waals surface area (Å²) in [7, 11) is 0. The molecule has 1 saturated heterocycles. The Balaban J connectivity index is 1.36. The predicted octanol–water partition coefficient (Wildman–Crippen LogP) is 3.74. The molecule has 0 radical (unpaired) electrons. The maximum absolute atomic E-state index is 13.7. The third kappa shape index (κ3) is 5.89. The van der Waals surface area contributed by atoms with Gasteiger partial charge in [0.25, 0.3) is 11.8 Å². The van der Waals surface area contributed by atoms with Crippen molar-refractivity contribution in [3.63, 3.8) is 0 Å². The number of para-hydroxylation sites is 2. The molecule has 8 nitrogen and oxygen atoms in total.